The molecule has 1 atom stereocenters. The molecule has 0 bridgehead atoms. The molecule has 0 spiro atoms. The maximum Gasteiger partial charge on any atom is 0.134 e. The van der Waals surface area contributed by atoms with Crippen LogP contribution in [0.15, 0.2) is 59.0 Å². The topological polar surface area (TPSA) is 25.2 Å². The average Bonchev–Trinajstić information content (AvgIpc) is 2.89. The molecule has 1 unspecified atom stereocenters. The van der Waals surface area contributed by atoms with Crippen molar-refractivity contribution in [3.05, 3.63) is 70.9 Å². The summed E-state index contributed by atoms with van der Waals surface area (Å²) in [7, 11) is 0. The van der Waals surface area contributed by atoms with Gasteiger partial charge in [0.1, 0.15) is 11.3 Å². The lowest BCUT2D eigenvalue weighted by atomic mass is 10.2. The fourth-order valence-corrected chi connectivity index (χ4v) is 2.45. The van der Waals surface area contributed by atoms with Crippen LogP contribution < -0.4 is 5.32 Å². The van der Waals surface area contributed by atoms with Crippen molar-refractivity contribution in [1.29, 1.82) is 0 Å². The third kappa shape index (κ3) is 2.87. The molecule has 102 valence electrons. The molecule has 3 rings (SSSR count). The Balaban J connectivity index is 1.71. The summed E-state index contributed by atoms with van der Waals surface area (Å²) >= 11 is 5.98. The number of rotatable bonds is 4. The minimum atomic E-state index is 0.154. The van der Waals surface area contributed by atoms with E-state index in [0.29, 0.717) is 0 Å². The summed E-state index contributed by atoms with van der Waals surface area (Å²) < 4.78 is 5.85. The van der Waals surface area contributed by atoms with Crippen molar-refractivity contribution in [3.63, 3.8) is 0 Å². The quantitative estimate of drug-likeness (QED) is 0.735. The van der Waals surface area contributed by atoms with Crippen LogP contribution in [0.1, 0.15) is 24.3 Å². The first kappa shape index (κ1) is 13.2. The highest BCUT2D eigenvalue weighted by Gasteiger charge is 2.10. The molecule has 1 heterocycles. The normalized spacial score (nSPS) is 12.7. The second kappa shape index (κ2) is 5.70. The van der Waals surface area contributed by atoms with Crippen molar-refractivity contribution >= 4 is 22.6 Å². The summed E-state index contributed by atoms with van der Waals surface area (Å²) in [6.07, 6.45) is 0. The molecule has 2 nitrogen and oxygen atoms in total. The van der Waals surface area contributed by atoms with Gasteiger partial charge in [-0.2, -0.15) is 0 Å². The third-order valence-electron chi connectivity index (χ3n) is 3.37. The highest BCUT2D eigenvalue weighted by molar-refractivity contribution is 6.30. The third-order valence-corrected chi connectivity index (χ3v) is 3.61. The number of nitrogens with one attached hydrogen (secondary N) is 1. The second-order valence-corrected chi connectivity index (χ2v) is 5.36. The molecule has 3 aromatic rings. The number of hydrogen-bond acceptors (Lipinski definition) is 2. The van der Waals surface area contributed by atoms with Gasteiger partial charge >= 0.3 is 0 Å². The predicted octanol–water partition coefficient (Wildman–Crippen LogP) is 4.94. The SMILES string of the molecule is CC(NCc1cccc(Cl)c1)c1cc2ccccc2o1. The molecule has 3 heteroatoms. The van der Waals surface area contributed by atoms with E-state index in [0.717, 1.165) is 28.3 Å². The van der Waals surface area contributed by atoms with Crippen molar-refractivity contribution < 1.29 is 4.42 Å². The molecule has 0 aliphatic rings. The Morgan fingerprint density at radius 3 is 2.75 bits per heavy atom. The van der Waals surface area contributed by atoms with Gasteiger partial charge in [0, 0.05) is 17.0 Å². The molecule has 0 amide bonds. The molecule has 1 N–H and O–H groups in total. The fraction of sp³-hybridized carbons (Fsp3) is 0.176. The lowest BCUT2D eigenvalue weighted by Crippen LogP contribution is -2.17. The van der Waals surface area contributed by atoms with Crippen LogP contribution in [0, 0.1) is 0 Å². The van der Waals surface area contributed by atoms with E-state index in [-0.39, 0.29) is 6.04 Å². The lowest BCUT2D eigenvalue weighted by Gasteiger charge is -2.11. The van der Waals surface area contributed by atoms with Gasteiger partial charge in [0.2, 0.25) is 0 Å². The fourth-order valence-electron chi connectivity index (χ4n) is 2.23. The summed E-state index contributed by atoms with van der Waals surface area (Å²) in [5.41, 5.74) is 2.10. The van der Waals surface area contributed by atoms with Gasteiger partial charge in [0.05, 0.1) is 6.04 Å². The molecule has 20 heavy (non-hydrogen) atoms. The molecule has 0 saturated carbocycles. The van der Waals surface area contributed by atoms with Gasteiger partial charge < -0.3 is 9.73 Å². The summed E-state index contributed by atoms with van der Waals surface area (Å²) in [4.78, 5) is 0. The van der Waals surface area contributed by atoms with Crippen molar-refractivity contribution in [1.82, 2.24) is 5.32 Å². The minimum absolute atomic E-state index is 0.154. The van der Waals surface area contributed by atoms with Gasteiger partial charge in [-0.25, -0.2) is 0 Å². The monoisotopic (exact) mass is 285 g/mol. The lowest BCUT2D eigenvalue weighted by molar-refractivity contribution is 0.451. The molecule has 0 fully saturated rings. The standard InChI is InChI=1S/C17H16ClNO/c1-12(19-11-13-5-4-7-15(18)9-13)17-10-14-6-2-3-8-16(14)20-17/h2-10,12,19H,11H2,1H3. The van der Waals surface area contributed by atoms with Crippen LogP contribution in [0.2, 0.25) is 5.02 Å². The van der Waals surface area contributed by atoms with Crippen LogP contribution in [0.3, 0.4) is 0 Å². The van der Waals surface area contributed by atoms with E-state index in [4.69, 9.17) is 16.0 Å². The maximum absolute atomic E-state index is 5.98. The van der Waals surface area contributed by atoms with E-state index in [1.165, 1.54) is 5.56 Å². The van der Waals surface area contributed by atoms with Crippen LogP contribution in [0.4, 0.5) is 0 Å². The van der Waals surface area contributed by atoms with Gasteiger partial charge in [-0.3, -0.25) is 0 Å². The van der Waals surface area contributed by atoms with Crippen molar-refractivity contribution in [2.75, 3.05) is 0 Å². The Labute approximate surface area is 123 Å². The maximum atomic E-state index is 5.98. The largest absolute Gasteiger partial charge is 0.459 e. The van der Waals surface area contributed by atoms with Crippen LogP contribution >= 0.6 is 11.6 Å². The van der Waals surface area contributed by atoms with Gasteiger partial charge in [-0.15, -0.1) is 0 Å². The Morgan fingerprint density at radius 1 is 1.10 bits per heavy atom. The first-order valence-electron chi connectivity index (χ1n) is 6.69. The van der Waals surface area contributed by atoms with E-state index in [9.17, 15) is 0 Å². The van der Waals surface area contributed by atoms with E-state index in [1.54, 1.807) is 0 Å². The number of halogens is 1. The van der Waals surface area contributed by atoms with E-state index in [1.807, 2.05) is 36.4 Å². The predicted molar refractivity (Wildman–Crippen MR) is 82.9 cm³/mol. The zero-order chi connectivity index (χ0) is 13.9. The number of furan rings is 1. The van der Waals surface area contributed by atoms with Crippen LogP contribution in [0.25, 0.3) is 11.0 Å². The molecule has 0 radical (unpaired) electrons. The van der Waals surface area contributed by atoms with Crippen molar-refractivity contribution in [2.24, 2.45) is 0 Å². The first-order valence-corrected chi connectivity index (χ1v) is 7.06. The zero-order valence-electron chi connectivity index (χ0n) is 11.3. The highest BCUT2D eigenvalue weighted by Crippen LogP contribution is 2.23. The van der Waals surface area contributed by atoms with E-state index in [2.05, 4.69) is 30.4 Å². The molecular formula is C17H16ClNO. The molecule has 0 aliphatic carbocycles. The van der Waals surface area contributed by atoms with Gasteiger partial charge in [-0.1, -0.05) is 41.9 Å². The Morgan fingerprint density at radius 2 is 1.95 bits per heavy atom. The summed E-state index contributed by atoms with van der Waals surface area (Å²) in [6.45, 7) is 2.86. The van der Waals surface area contributed by atoms with E-state index < -0.39 is 0 Å². The summed E-state index contributed by atoms with van der Waals surface area (Å²) in [6, 6.07) is 18.2. The molecule has 1 aromatic heterocycles. The van der Waals surface area contributed by atoms with Crippen LogP contribution in [-0.2, 0) is 6.54 Å². The highest BCUT2D eigenvalue weighted by atomic mass is 35.5. The molecule has 0 aliphatic heterocycles. The summed E-state index contributed by atoms with van der Waals surface area (Å²) in [5.74, 6) is 0.952. The first-order chi connectivity index (χ1) is 9.72. The van der Waals surface area contributed by atoms with Gasteiger partial charge in [0.25, 0.3) is 0 Å². The minimum Gasteiger partial charge on any atom is -0.459 e. The Hall–Kier alpha value is -1.77. The van der Waals surface area contributed by atoms with Crippen molar-refractivity contribution in [3.8, 4) is 0 Å². The molecule has 2 aromatic carbocycles. The van der Waals surface area contributed by atoms with Crippen molar-refractivity contribution in [2.45, 2.75) is 19.5 Å². The second-order valence-electron chi connectivity index (χ2n) is 4.92. The Bertz CT molecular complexity index is 687. The number of benzene rings is 2. The summed E-state index contributed by atoms with van der Waals surface area (Å²) in [5, 5.41) is 5.35. The van der Waals surface area contributed by atoms with Crippen LogP contribution in [-0.4, -0.2) is 0 Å². The van der Waals surface area contributed by atoms with E-state index >= 15 is 0 Å². The number of para-hydroxylation sites is 1. The average molecular weight is 286 g/mol. The van der Waals surface area contributed by atoms with Gasteiger partial charge in [-0.05, 0) is 36.8 Å². The van der Waals surface area contributed by atoms with Crippen LogP contribution in [0.5, 0.6) is 0 Å². The molecule has 0 saturated heterocycles. The Kier molecular flexibility index (Phi) is 3.77. The smallest absolute Gasteiger partial charge is 0.134 e. The zero-order valence-corrected chi connectivity index (χ0v) is 12.0. The number of fused-ring (bicyclic) bond motifs is 1. The molecular weight excluding hydrogens is 270 g/mol. The van der Waals surface area contributed by atoms with Gasteiger partial charge in [0.15, 0.2) is 0 Å². The number of hydrogen-bond donors (Lipinski definition) is 1.